The summed E-state index contributed by atoms with van der Waals surface area (Å²) in [5.41, 5.74) is 3.25. The van der Waals surface area contributed by atoms with Gasteiger partial charge in [-0.25, -0.2) is 0 Å². The van der Waals surface area contributed by atoms with Crippen molar-refractivity contribution in [1.82, 2.24) is 0 Å². The summed E-state index contributed by atoms with van der Waals surface area (Å²) in [5.74, 6) is 0. The van der Waals surface area contributed by atoms with E-state index in [0.29, 0.717) is 18.5 Å². The lowest BCUT2D eigenvalue weighted by Gasteiger charge is -2.22. The second-order valence-electron chi connectivity index (χ2n) is 6.02. The van der Waals surface area contributed by atoms with Gasteiger partial charge in [0.1, 0.15) is 0 Å². The van der Waals surface area contributed by atoms with E-state index in [-0.39, 0.29) is 0 Å². The fourth-order valence-corrected chi connectivity index (χ4v) is 5.16. The third kappa shape index (κ3) is 3.48. The van der Waals surface area contributed by atoms with Crippen molar-refractivity contribution >= 4 is 23.7 Å². The quantitative estimate of drug-likeness (QED) is 0.483. The molecule has 4 heteroatoms. The van der Waals surface area contributed by atoms with Crippen molar-refractivity contribution in [3.63, 3.8) is 0 Å². The lowest BCUT2D eigenvalue weighted by atomic mass is 9.93. The minimum Gasteiger partial charge on any atom is -0.305 e. The van der Waals surface area contributed by atoms with Gasteiger partial charge in [0.15, 0.2) is 0 Å². The van der Waals surface area contributed by atoms with Crippen molar-refractivity contribution in [1.29, 1.82) is 0 Å². The Morgan fingerprint density at radius 3 is 2.15 bits per heavy atom. The first-order valence-electron chi connectivity index (χ1n) is 9.14. The van der Waals surface area contributed by atoms with Gasteiger partial charge in [0, 0.05) is 5.56 Å². The van der Waals surface area contributed by atoms with Crippen LogP contribution < -0.4 is 5.30 Å². The molecule has 3 nitrogen and oxygen atoms in total. The van der Waals surface area contributed by atoms with Crippen LogP contribution in [0.2, 0.25) is 0 Å². The Morgan fingerprint density at radius 2 is 1.46 bits per heavy atom. The molecule has 0 aliphatic rings. The molecule has 0 fully saturated rings. The molecule has 0 spiro atoms. The van der Waals surface area contributed by atoms with Crippen LogP contribution in [-0.4, -0.2) is 13.2 Å². The molecule has 0 heterocycles. The molecule has 0 saturated carbocycles. The SMILES string of the molecule is CCOP(=O)(OCC)c1ccc2ccccc2c1-c1ccccc1CC. The zero-order valence-corrected chi connectivity index (χ0v) is 16.5. The molecule has 3 aromatic rings. The van der Waals surface area contributed by atoms with E-state index in [9.17, 15) is 4.57 Å². The van der Waals surface area contributed by atoms with E-state index < -0.39 is 7.60 Å². The van der Waals surface area contributed by atoms with Gasteiger partial charge < -0.3 is 9.05 Å². The summed E-state index contributed by atoms with van der Waals surface area (Å²) in [6.45, 7) is 6.48. The van der Waals surface area contributed by atoms with Crippen LogP contribution in [-0.2, 0) is 20.0 Å². The summed E-state index contributed by atoms with van der Waals surface area (Å²) in [6.07, 6.45) is 0.895. The zero-order chi connectivity index (χ0) is 18.6. The summed E-state index contributed by atoms with van der Waals surface area (Å²) in [7, 11) is -3.41. The summed E-state index contributed by atoms with van der Waals surface area (Å²) < 4.78 is 25.0. The lowest BCUT2D eigenvalue weighted by molar-refractivity contribution is 0.230. The van der Waals surface area contributed by atoms with E-state index in [1.54, 1.807) is 0 Å². The predicted octanol–water partition coefficient (Wildman–Crippen LogP) is 5.96. The molecule has 3 rings (SSSR count). The molecule has 0 saturated heterocycles. The molecule has 0 N–H and O–H groups in total. The molecule has 0 aliphatic carbocycles. The molecule has 0 aromatic heterocycles. The van der Waals surface area contributed by atoms with Crippen molar-refractivity contribution in [3.8, 4) is 11.1 Å². The predicted molar refractivity (Wildman–Crippen MR) is 109 cm³/mol. The van der Waals surface area contributed by atoms with E-state index in [2.05, 4.69) is 31.2 Å². The Balaban J connectivity index is 2.39. The van der Waals surface area contributed by atoms with E-state index in [1.807, 2.05) is 50.2 Å². The lowest BCUT2D eigenvalue weighted by Crippen LogP contribution is -2.14. The number of fused-ring (bicyclic) bond motifs is 1. The number of hydrogen-bond donors (Lipinski definition) is 0. The Hall–Kier alpha value is -1.93. The topological polar surface area (TPSA) is 35.5 Å². The van der Waals surface area contributed by atoms with Crippen LogP contribution in [0, 0.1) is 0 Å². The van der Waals surface area contributed by atoms with Crippen LogP contribution in [0.1, 0.15) is 26.3 Å². The summed E-state index contributed by atoms with van der Waals surface area (Å²) in [6, 6.07) is 20.3. The van der Waals surface area contributed by atoms with Crippen LogP contribution in [0.25, 0.3) is 21.9 Å². The van der Waals surface area contributed by atoms with Crippen LogP contribution in [0.4, 0.5) is 0 Å². The van der Waals surface area contributed by atoms with Crippen LogP contribution >= 0.6 is 7.60 Å². The van der Waals surface area contributed by atoms with Gasteiger partial charge in [-0.2, -0.15) is 0 Å². The maximum atomic E-state index is 13.6. The summed E-state index contributed by atoms with van der Waals surface area (Å²) in [5, 5.41) is 2.81. The van der Waals surface area contributed by atoms with E-state index in [4.69, 9.17) is 9.05 Å². The zero-order valence-electron chi connectivity index (χ0n) is 15.6. The van der Waals surface area contributed by atoms with Gasteiger partial charge in [0.25, 0.3) is 0 Å². The third-order valence-electron chi connectivity index (χ3n) is 4.47. The highest BCUT2D eigenvalue weighted by Gasteiger charge is 2.31. The number of rotatable bonds is 7. The second kappa shape index (κ2) is 8.18. The molecule has 0 bridgehead atoms. The molecule has 26 heavy (non-hydrogen) atoms. The number of hydrogen-bond acceptors (Lipinski definition) is 3. The van der Waals surface area contributed by atoms with Crippen molar-refractivity contribution in [2.24, 2.45) is 0 Å². The van der Waals surface area contributed by atoms with Crippen molar-refractivity contribution in [3.05, 3.63) is 66.2 Å². The molecular weight excluding hydrogens is 343 g/mol. The van der Waals surface area contributed by atoms with E-state index in [0.717, 1.165) is 28.3 Å². The molecule has 0 unspecified atom stereocenters. The number of benzene rings is 3. The van der Waals surface area contributed by atoms with Gasteiger partial charge in [-0.05, 0) is 48.2 Å². The normalized spacial score (nSPS) is 11.8. The van der Waals surface area contributed by atoms with Gasteiger partial charge in [0.05, 0.1) is 18.5 Å². The van der Waals surface area contributed by atoms with Gasteiger partial charge >= 0.3 is 7.60 Å². The van der Waals surface area contributed by atoms with Crippen LogP contribution in [0.5, 0.6) is 0 Å². The smallest absolute Gasteiger partial charge is 0.305 e. The van der Waals surface area contributed by atoms with Crippen molar-refractivity contribution < 1.29 is 13.6 Å². The van der Waals surface area contributed by atoms with Crippen molar-refractivity contribution in [2.45, 2.75) is 27.2 Å². The average molecular weight is 368 g/mol. The Kier molecular flexibility index (Phi) is 5.93. The fraction of sp³-hybridized carbons (Fsp3) is 0.273. The van der Waals surface area contributed by atoms with Crippen LogP contribution in [0.15, 0.2) is 60.7 Å². The first-order chi connectivity index (χ1) is 12.6. The van der Waals surface area contributed by atoms with Gasteiger partial charge in [0.2, 0.25) is 0 Å². The first kappa shape index (κ1) is 18.8. The highest BCUT2D eigenvalue weighted by molar-refractivity contribution is 7.62. The minimum atomic E-state index is -3.41. The van der Waals surface area contributed by atoms with E-state index in [1.165, 1.54) is 5.56 Å². The minimum absolute atomic E-state index is 0.332. The van der Waals surface area contributed by atoms with E-state index >= 15 is 0 Å². The largest absolute Gasteiger partial charge is 0.361 e. The van der Waals surface area contributed by atoms with Gasteiger partial charge in [-0.1, -0.05) is 61.5 Å². The highest BCUT2D eigenvalue weighted by Crippen LogP contribution is 2.50. The number of aryl methyl sites for hydroxylation is 1. The molecular formula is C22H25O3P. The molecule has 136 valence electrons. The molecule has 0 radical (unpaired) electrons. The first-order valence-corrected chi connectivity index (χ1v) is 10.7. The van der Waals surface area contributed by atoms with Crippen molar-refractivity contribution in [2.75, 3.05) is 13.2 Å². The Morgan fingerprint density at radius 1 is 0.808 bits per heavy atom. The highest BCUT2D eigenvalue weighted by atomic mass is 31.2. The maximum Gasteiger partial charge on any atom is 0.361 e. The molecule has 0 atom stereocenters. The van der Waals surface area contributed by atoms with Crippen LogP contribution in [0.3, 0.4) is 0 Å². The fourth-order valence-electron chi connectivity index (χ4n) is 3.36. The second-order valence-corrected chi connectivity index (χ2v) is 8.02. The Labute approximate surface area is 155 Å². The van der Waals surface area contributed by atoms with Gasteiger partial charge in [-0.3, -0.25) is 4.57 Å². The summed E-state index contributed by atoms with van der Waals surface area (Å²) >= 11 is 0. The standard InChI is InChI=1S/C22H25O3P/c1-4-17-11-7-9-13-19(17)22-20-14-10-8-12-18(20)15-16-21(22)26(23,24-5-2)25-6-3/h7-16H,4-6H2,1-3H3. The Bertz CT molecular complexity index is 939. The molecule has 3 aromatic carbocycles. The third-order valence-corrected chi connectivity index (χ3v) is 6.63. The van der Waals surface area contributed by atoms with Gasteiger partial charge in [-0.15, -0.1) is 0 Å². The average Bonchev–Trinajstić information content (AvgIpc) is 2.67. The summed E-state index contributed by atoms with van der Waals surface area (Å²) in [4.78, 5) is 0. The maximum absolute atomic E-state index is 13.6. The molecule has 0 aliphatic heterocycles. The molecule has 0 amide bonds. The monoisotopic (exact) mass is 368 g/mol.